The molecular formula is C19H20F3N7O3. The average molecular weight is 451 g/mol. The first-order valence-corrected chi connectivity index (χ1v) is 9.23. The molecule has 0 atom stereocenters. The number of carbonyl (C=O) groups is 2. The largest absolute Gasteiger partial charge is 0.391 e. The summed E-state index contributed by atoms with van der Waals surface area (Å²) in [5.74, 6) is -6.48. The van der Waals surface area contributed by atoms with Gasteiger partial charge in [0.25, 0.3) is 0 Å². The van der Waals surface area contributed by atoms with Gasteiger partial charge in [0.2, 0.25) is 11.9 Å². The fourth-order valence-corrected chi connectivity index (χ4v) is 2.66. The molecule has 0 spiro atoms. The van der Waals surface area contributed by atoms with E-state index >= 15 is 0 Å². The van der Waals surface area contributed by atoms with Gasteiger partial charge in [0.1, 0.15) is 6.61 Å². The number of halogens is 3. The average Bonchev–Trinajstić information content (AvgIpc) is 2.74. The van der Waals surface area contributed by atoms with E-state index in [1.165, 1.54) is 12.1 Å². The molecule has 0 aliphatic carbocycles. The van der Waals surface area contributed by atoms with Gasteiger partial charge in [0.15, 0.2) is 17.3 Å². The Morgan fingerprint density at radius 1 is 1.38 bits per heavy atom. The third-order valence-corrected chi connectivity index (χ3v) is 4.11. The molecule has 1 heterocycles. The quantitative estimate of drug-likeness (QED) is 0.174. The van der Waals surface area contributed by atoms with Crippen LogP contribution >= 0.6 is 0 Å². The minimum Gasteiger partial charge on any atom is -0.391 e. The number of alkyl halides is 2. The number of nitrogens with two attached hydrogens (primary N) is 2. The van der Waals surface area contributed by atoms with Gasteiger partial charge in [-0.05, 0) is 17.3 Å². The standard InChI is InChI=1S/C19H20F3N7O3/c20-16-12(8-15(31)26-6-7-32-29-18(24)25)11(9-23)3-4-13(16)28-10-19(21,22)17-14(30)2-1-5-27-17/h1,3-5,28H,2,6-8,10H2,(H,26,31)(H4,24,25,29). The number of amides is 1. The van der Waals surface area contributed by atoms with Gasteiger partial charge in [0.05, 0.1) is 36.8 Å². The van der Waals surface area contributed by atoms with Crippen molar-refractivity contribution < 1.29 is 27.6 Å². The molecule has 1 amide bonds. The first-order valence-electron chi connectivity index (χ1n) is 9.23. The number of ketones is 1. The third-order valence-electron chi connectivity index (χ3n) is 4.11. The smallest absolute Gasteiger partial charge is 0.309 e. The Bertz CT molecular complexity index is 1010. The summed E-state index contributed by atoms with van der Waals surface area (Å²) < 4.78 is 43.6. The maximum absolute atomic E-state index is 14.9. The molecule has 13 heteroatoms. The first-order chi connectivity index (χ1) is 15.2. The SMILES string of the molecule is N#Cc1ccc(NCC(F)(F)C2=NC=CCC2=O)c(F)c1CC(=O)NCCON=C(N)N. The maximum atomic E-state index is 14.9. The molecular weight excluding hydrogens is 431 g/mol. The topological polar surface area (TPSA) is 168 Å². The van der Waals surface area contributed by atoms with Gasteiger partial charge >= 0.3 is 5.92 Å². The number of allylic oxidation sites excluding steroid dienone is 1. The van der Waals surface area contributed by atoms with Gasteiger partial charge in [-0.15, -0.1) is 0 Å². The molecule has 6 N–H and O–H groups in total. The summed E-state index contributed by atoms with van der Waals surface area (Å²) in [4.78, 5) is 31.8. The molecule has 32 heavy (non-hydrogen) atoms. The van der Waals surface area contributed by atoms with Gasteiger partial charge in [-0.3, -0.25) is 14.6 Å². The van der Waals surface area contributed by atoms with Crippen LogP contribution in [0, 0.1) is 17.1 Å². The van der Waals surface area contributed by atoms with Crippen LogP contribution in [0.5, 0.6) is 0 Å². The van der Waals surface area contributed by atoms with Crippen LogP contribution in [0.25, 0.3) is 0 Å². The lowest BCUT2D eigenvalue weighted by molar-refractivity contribution is -0.120. The molecule has 10 nitrogen and oxygen atoms in total. The van der Waals surface area contributed by atoms with Gasteiger partial charge < -0.3 is 26.9 Å². The Morgan fingerprint density at radius 2 is 2.12 bits per heavy atom. The summed E-state index contributed by atoms with van der Waals surface area (Å²) in [6.45, 7) is -1.18. The zero-order valence-corrected chi connectivity index (χ0v) is 16.7. The summed E-state index contributed by atoms with van der Waals surface area (Å²) >= 11 is 0. The van der Waals surface area contributed by atoms with Crippen molar-refractivity contribution >= 4 is 29.0 Å². The molecule has 1 aliphatic heterocycles. The summed E-state index contributed by atoms with van der Waals surface area (Å²) in [6.07, 6.45) is 1.72. The highest BCUT2D eigenvalue weighted by Gasteiger charge is 2.40. The van der Waals surface area contributed by atoms with E-state index < -0.39 is 42.1 Å². The summed E-state index contributed by atoms with van der Waals surface area (Å²) in [5, 5.41) is 17.1. The molecule has 1 aromatic rings. The number of nitrogens with zero attached hydrogens (tertiary/aromatic N) is 3. The lowest BCUT2D eigenvalue weighted by Gasteiger charge is -2.20. The van der Waals surface area contributed by atoms with Crippen LogP contribution in [-0.2, 0) is 20.8 Å². The Labute approximate surface area is 180 Å². The second-order valence-electron chi connectivity index (χ2n) is 6.49. The monoisotopic (exact) mass is 451 g/mol. The highest BCUT2D eigenvalue weighted by Crippen LogP contribution is 2.25. The minimum absolute atomic E-state index is 0.00608. The predicted molar refractivity (Wildman–Crippen MR) is 109 cm³/mol. The van der Waals surface area contributed by atoms with Crippen LogP contribution in [-0.4, -0.2) is 49.0 Å². The Balaban J connectivity index is 2.07. The number of benzene rings is 1. The number of hydrogen-bond acceptors (Lipinski definition) is 7. The molecule has 0 aromatic heterocycles. The van der Waals surface area contributed by atoms with E-state index in [1.807, 2.05) is 0 Å². The van der Waals surface area contributed by atoms with Crippen molar-refractivity contribution in [3.8, 4) is 6.07 Å². The number of aliphatic imine (C=N–C) groups is 1. The molecule has 170 valence electrons. The maximum Gasteiger partial charge on any atom is 0.309 e. The number of anilines is 1. The van der Waals surface area contributed by atoms with Crippen LogP contribution < -0.4 is 22.1 Å². The van der Waals surface area contributed by atoms with Crippen LogP contribution in [0.4, 0.5) is 18.9 Å². The fourth-order valence-electron chi connectivity index (χ4n) is 2.66. The second-order valence-corrected chi connectivity index (χ2v) is 6.49. The number of hydrogen-bond donors (Lipinski definition) is 4. The normalized spacial score (nSPS) is 13.1. The first kappa shape index (κ1) is 24.2. The van der Waals surface area contributed by atoms with E-state index in [9.17, 15) is 28.0 Å². The fraction of sp³-hybridized carbons (Fsp3) is 0.316. The van der Waals surface area contributed by atoms with E-state index in [-0.39, 0.29) is 42.3 Å². The molecule has 0 radical (unpaired) electrons. The molecule has 2 rings (SSSR count). The van der Waals surface area contributed by atoms with Crippen molar-refractivity contribution in [3.63, 3.8) is 0 Å². The zero-order valence-electron chi connectivity index (χ0n) is 16.7. The van der Waals surface area contributed by atoms with Crippen LogP contribution in [0.3, 0.4) is 0 Å². The van der Waals surface area contributed by atoms with Crippen LogP contribution in [0.1, 0.15) is 17.5 Å². The summed E-state index contributed by atoms with van der Waals surface area (Å²) in [7, 11) is 0. The lowest BCUT2D eigenvalue weighted by Crippen LogP contribution is -2.41. The van der Waals surface area contributed by atoms with E-state index in [2.05, 4.69) is 25.6 Å². The van der Waals surface area contributed by atoms with Crippen molar-refractivity contribution in [1.29, 1.82) is 5.26 Å². The number of Topliss-reactive ketones (excluding diaryl/α,β-unsaturated/α-hetero) is 1. The summed E-state index contributed by atoms with van der Waals surface area (Å²) in [5.41, 5.74) is 8.43. The highest BCUT2D eigenvalue weighted by atomic mass is 19.3. The van der Waals surface area contributed by atoms with Crippen LogP contribution in [0.2, 0.25) is 0 Å². The van der Waals surface area contributed by atoms with E-state index in [1.54, 1.807) is 6.07 Å². The van der Waals surface area contributed by atoms with Gasteiger partial charge in [0, 0.05) is 18.2 Å². The molecule has 1 aromatic carbocycles. The molecule has 1 aliphatic rings. The Morgan fingerprint density at radius 3 is 2.78 bits per heavy atom. The number of guanidine groups is 1. The van der Waals surface area contributed by atoms with Gasteiger partial charge in [-0.1, -0.05) is 6.08 Å². The lowest BCUT2D eigenvalue weighted by atomic mass is 10.0. The van der Waals surface area contributed by atoms with Gasteiger partial charge in [-0.2, -0.15) is 14.0 Å². The van der Waals surface area contributed by atoms with Crippen molar-refractivity contribution in [3.05, 3.63) is 41.4 Å². The third kappa shape index (κ3) is 6.46. The molecule has 0 bridgehead atoms. The van der Waals surface area contributed by atoms with Crippen LogP contribution in [0.15, 0.2) is 34.6 Å². The summed E-state index contributed by atoms with van der Waals surface area (Å²) in [6, 6.07) is 4.04. The molecule has 0 saturated heterocycles. The minimum atomic E-state index is -3.66. The van der Waals surface area contributed by atoms with Gasteiger partial charge in [-0.25, -0.2) is 4.39 Å². The number of rotatable bonds is 10. The Hall–Kier alpha value is -4.08. The number of nitrogens with one attached hydrogen (secondary N) is 2. The molecule has 0 saturated carbocycles. The van der Waals surface area contributed by atoms with E-state index in [0.29, 0.717) is 0 Å². The zero-order chi connectivity index (χ0) is 23.7. The highest BCUT2D eigenvalue weighted by molar-refractivity contribution is 6.43. The van der Waals surface area contributed by atoms with E-state index in [4.69, 9.17) is 11.5 Å². The Kier molecular flexibility index (Phi) is 8.17. The van der Waals surface area contributed by atoms with Crippen molar-refractivity contribution in [2.24, 2.45) is 21.6 Å². The number of carbonyl (C=O) groups excluding carboxylic acids is 2. The molecule has 0 unspecified atom stereocenters. The van der Waals surface area contributed by atoms with Crippen molar-refractivity contribution in [1.82, 2.24) is 5.32 Å². The number of oxime groups is 1. The van der Waals surface area contributed by atoms with Crippen molar-refractivity contribution in [2.45, 2.75) is 18.8 Å². The second kappa shape index (κ2) is 10.8. The van der Waals surface area contributed by atoms with E-state index in [0.717, 1.165) is 12.3 Å². The predicted octanol–water partition coefficient (Wildman–Crippen LogP) is 0.536. The molecule has 0 fully saturated rings. The number of nitriles is 1. The van der Waals surface area contributed by atoms with Crippen molar-refractivity contribution in [2.75, 3.05) is 25.0 Å².